The van der Waals surface area contributed by atoms with Gasteiger partial charge < -0.3 is 4.40 Å². The summed E-state index contributed by atoms with van der Waals surface area (Å²) in [6.07, 6.45) is 0. The van der Waals surface area contributed by atoms with Gasteiger partial charge in [0.2, 0.25) is 0 Å². The van der Waals surface area contributed by atoms with Gasteiger partial charge in [-0.2, -0.15) is 0 Å². The molecule has 10 aromatic rings. The summed E-state index contributed by atoms with van der Waals surface area (Å²) in [6.45, 7) is 0. The monoisotopic (exact) mass is 621 g/mol. The van der Waals surface area contributed by atoms with Crippen molar-refractivity contribution in [2.24, 2.45) is 0 Å². The maximum atomic E-state index is 2.48. The van der Waals surface area contributed by atoms with Gasteiger partial charge in [0.15, 0.2) is 0 Å². The highest BCUT2D eigenvalue weighted by Crippen LogP contribution is 2.44. The number of hydrogen-bond donors (Lipinski definition) is 0. The van der Waals surface area contributed by atoms with Crippen molar-refractivity contribution >= 4 is 38.1 Å². The second-order valence-corrected chi connectivity index (χ2v) is 13.0. The van der Waals surface area contributed by atoms with Gasteiger partial charge in [0.25, 0.3) is 0 Å². The Morgan fingerprint density at radius 3 is 0.918 bits per heavy atom. The molecular weight excluding hydrogens is 591 g/mol. The summed E-state index contributed by atoms with van der Waals surface area (Å²) >= 11 is 0. The standard InChI is InChI=1S/C48H31N/c1-4-10-32(11-5-1)35-16-20-37(21-17-35)40-25-27-47-43(29-40)45-31-41(38-22-18-36(19-23-38)33-12-6-2-7-13-33)30-44-42-28-39(34-14-8-3-9-15-34)24-26-46(42)49(47)48(44)45/h1-31H. The van der Waals surface area contributed by atoms with Crippen LogP contribution in [0.4, 0.5) is 0 Å². The minimum absolute atomic E-state index is 1.22. The third-order valence-electron chi connectivity index (χ3n) is 10.1. The van der Waals surface area contributed by atoms with Crippen LogP contribution < -0.4 is 0 Å². The van der Waals surface area contributed by atoms with E-state index >= 15 is 0 Å². The number of nitrogens with zero attached hydrogens (tertiary/aromatic N) is 1. The van der Waals surface area contributed by atoms with Crippen LogP contribution in [-0.2, 0) is 0 Å². The normalized spacial score (nSPS) is 11.7. The summed E-state index contributed by atoms with van der Waals surface area (Å²) in [4.78, 5) is 0. The Hall–Kier alpha value is -6.44. The van der Waals surface area contributed by atoms with Gasteiger partial charge in [0, 0.05) is 21.5 Å². The highest BCUT2D eigenvalue weighted by atomic mass is 14.9. The SMILES string of the molecule is c1ccc(-c2ccc(-c3ccc4c(c3)c3cc(-c5ccc(-c6ccccc6)cc5)cc5c6cc(-c7ccccc7)ccc6n4c53)cc2)cc1. The van der Waals surface area contributed by atoms with E-state index in [0.29, 0.717) is 0 Å². The fourth-order valence-electron chi connectivity index (χ4n) is 7.68. The quantitative estimate of drug-likeness (QED) is 0.180. The lowest BCUT2D eigenvalue weighted by Gasteiger charge is -2.08. The smallest absolute Gasteiger partial charge is 0.0620 e. The van der Waals surface area contributed by atoms with Crippen molar-refractivity contribution in [1.82, 2.24) is 4.40 Å². The fraction of sp³-hybridized carbons (Fsp3) is 0. The lowest BCUT2D eigenvalue weighted by Crippen LogP contribution is -1.84. The summed E-state index contributed by atoms with van der Waals surface area (Å²) in [5.74, 6) is 0. The van der Waals surface area contributed by atoms with Crippen LogP contribution >= 0.6 is 0 Å². The first-order chi connectivity index (χ1) is 24.3. The van der Waals surface area contributed by atoms with Gasteiger partial charge in [0.1, 0.15) is 0 Å². The minimum atomic E-state index is 1.22. The van der Waals surface area contributed by atoms with Crippen LogP contribution in [0.1, 0.15) is 0 Å². The van der Waals surface area contributed by atoms with Gasteiger partial charge in [-0.3, -0.25) is 0 Å². The summed E-state index contributed by atoms with van der Waals surface area (Å²) in [7, 11) is 0. The third kappa shape index (κ3) is 4.55. The van der Waals surface area contributed by atoms with E-state index < -0.39 is 0 Å². The lowest BCUT2D eigenvalue weighted by molar-refractivity contribution is 1.37. The molecular formula is C48H31N. The molecule has 0 saturated carbocycles. The summed E-state index contributed by atoms with van der Waals surface area (Å²) in [5.41, 5.74) is 16.1. The van der Waals surface area contributed by atoms with Crippen LogP contribution in [0.3, 0.4) is 0 Å². The van der Waals surface area contributed by atoms with E-state index in [4.69, 9.17) is 0 Å². The number of rotatable bonds is 5. The first-order valence-corrected chi connectivity index (χ1v) is 16.9. The first-order valence-electron chi connectivity index (χ1n) is 16.9. The van der Waals surface area contributed by atoms with Crippen LogP contribution in [0.5, 0.6) is 0 Å². The second kappa shape index (κ2) is 11.1. The average Bonchev–Trinajstić information content (AvgIpc) is 3.70. The zero-order valence-electron chi connectivity index (χ0n) is 26.8. The van der Waals surface area contributed by atoms with Crippen molar-refractivity contribution in [2.75, 3.05) is 0 Å². The molecule has 2 heterocycles. The van der Waals surface area contributed by atoms with E-state index in [1.54, 1.807) is 0 Å². The Balaban J connectivity index is 1.18. The molecule has 0 saturated heterocycles. The van der Waals surface area contributed by atoms with Gasteiger partial charge in [-0.05, 0) is 92.0 Å². The van der Waals surface area contributed by atoms with Gasteiger partial charge in [-0.25, -0.2) is 0 Å². The zero-order valence-corrected chi connectivity index (χ0v) is 26.8. The summed E-state index contributed by atoms with van der Waals surface area (Å²) in [6, 6.07) is 68.6. The molecule has 49 heavy (non-hydrogen) atoms. The van der Waals surface area contributed by atoms with Gasteiger partial charge >= 0.3 is 0 Å². The topological polar surface area (TPSA) is 4.41 Å². The van der Waals surface area contributed by atoms with Crippen molar-refractivity contribution in [1.29, 1.82) is 0 Å². The molecule has 2 aromatic heterocycles. The van der Waals surface area contributed by atoms with Gasteiger partial charge in [0.05, 0.1) is 16.6 Å². The van der Waals surface area contributed by atoms with E-state index in [0.717, 1.165) is 0 Å². The first kappa shape index (κ1) is 27.7. The Morgan fingerprint density at radius 2 is 0.510 bits per heavy atom. The van der Waals surface area contributed by atoms with Crippen LogP contribution in [-0.4, -0.2) is 4.40 Å². The molecule has 0 atom stereocenters. The molecule has 0 amide bonds. The van der Waals surface area contributed by atoms with Crippen molar-refractivity contribution in [3.05, 3.63) is 188 Å². The third-order valence-corrected chi connectivity index (χ3v) is 10.1. The molecule has 1 heteroatoms. The molecule has 10 rings (SSSR count). The van der Waals surface area contributed by atoms with Crippen LogP contribution in [0, 0.1) is 0 Å². The molecule has 0 fully saturated rings. The van der Waals surface area contributed by atoms with E-state index in [1.165, 1.54) is 93.7 Å². The molecule has 0 unspecified atom stereocenters. The van der Waals surface area contributed by atoms with Crippen LogP contribution in [0.2, 0.25) is 0 Å². The number of aromatic nitrogens is 1. The Labute approximate surface area is 285 Å². The van der Waals surface area contributed by atoms with Crippen molar-refractivity contribution in [2.45, 2.75) is 0 Å². The molecule has 0 radical (unpaired) electrons. The summed E-state index contributed by atoms with van der Waals surface area (Å²) in [5, 5.41) is 5.14. The Kier molecular flexibility index (Phi) is 6.25. The molecule has 0 spiro atoms. The molecule has 0 N–H and O–H groups in total. The van der Waals surface area contributed by atoms with Crippen molar-refractivity contribution in [3.8, 4) is 55.6 Å². The molecule has 0 aliphatic carbocycles. The number of hydrogen-bond acceptors (Lipinski definition) is 0. The van der Waals surface area contributed by atoms with Crippen molar-refractivity contribution < 1.29 is 0 Å². The van der Waals surface area contributed by atoms with E-state index in [9.17, 15) is 0 Å². The molecule has 0 aliphatic heterocycles. The van der Waals surface area contributed by atoms with Crippen LogP contribution in [0.15, 0.2) is 188 Å². The maximum absolute atomic E-state index is 2.48. The average molecular weight is 622 g/mol. The summed E-state index contributed by atoms with van der Waals surface area (Å²) < 4.78 is 2.48. The second-order valence-electron chi connectivity index (χ2n) is 13.0. The van der Waals surface area contributed by atoms with E-state index in [2.05, 4.69) is 192 Å². The maximum Gasteiger partial charge on any atom is 0.0620 e. The fourth-order valence-corrected chi connectivity index (χ4v) is 7.68. The molecule has 1 nitrogen and oxygen atoms in total. The Morgan fingerprint density at radius 1 is 0.224 bits per heavy atom. The Bertz CT molecular complexity index is 2760. The highest BCUT2D eigenvalue weighted by Gasteiger charge is 2.20. The number of benzene rings is 8. The molecule has 228 valence electrons. The van der Waals surface area contributed by atoms with Crippen LogP contribution in [0.25, 0.3) is 93.7 Å². The minimum Gasteiger partial charge on any atom is -0.308 e. The number of fused-ring (bicyclic) bond motifs is 6. The predicted octanol–water partition coefficient (Wildman–Crippen LogP) is 13.2. The lowest BCUT2D eigenvalue weighted by atomic mass is 9.95. The molecule has 0 bridgehead atoms. The van der Waals surface area contributed by atoms with E-state index in [1.807, 2.05) is 0 Å². The predicted molar refractivity (Wildman–Crippen MR) is 208 cm³/mol. The van der Waals surface area contributed by atoms with E-state index in [-0.39, 0.29) is 0 Å². The largest absolute Gasteiger partial charge is 0.308 e. The van der Waals surface area contributed by atoms with Gasteiger partial charge in [-0.1, -0.05) is 152 Å². The van der Waals surface area contributed by atoms with Crippen molar-refractivity contribution in [3.63, 3.8) is 0 Å². The van der Waals surface area contributed by atoms with Gasteiger partial charge in [-0.15, -0.1) is 0 Å². The molecule has 8 aromatic carbocycles. The zero-order chi connectivity index (χ0) is 32.3. The highest BCUT2D eigenvalue weighted by molar-refractivity contribution is 6.25. The molecule has 0 aliphatic rings.